The van der Waals surface area contributed by atoms with E-state index in [1.54, 1.807) is 18.2 Å². The van der Waals surface area contributed by atoms with Crippen molar-refractivity contribution < 1.29 is 13.2 Å². The third-order valence-corrected chi connectivity index (χ3v) is 5.37. The van der Waals surface area contributed by atoms with Crippen LogP contribution in [0.5, 0.6) is 0 Å². The van der Waals surface area contributed by atoms with Crippen LogP contribution in [0, 0.1) is 0 Å². The minimum absolute atomic E-state index is 0.0867. The van der Waals surface area contributed by atoms with Crippen LogP contribution in [0.3, 0.4) is 0 Å². The Kier molecular flexibility index (Phi) is 2.98. The number of benzene rings is 1. The van der Waals surface area contributed by atoms with Gasteiger partial charge in [-0.25, -0.2) is 8.42 Å². The summed E-state index contributed by atoms with van der Waals surface area (Å²) in [5.41, 5.74) is -0.0349. The molecule has 21 heavy (non-hydrogen) atoms. The molecule has 1 fully saturated rings. The van der Waals surface area contributed by atoms with Gasteiger partial charge in [-0.3, -0.25) is 9.71 Å². The lowest BCUT2D eigenvalue weighted by molar-refractivity contribution is -0.0673. The number of hydrogen-bond donors (Lipinski definition) is 1. The van der Waals surface area contributed by atoms with Gasteiger partial charge in [0.2, 0.25) is 0 Å². The van der Waals surface area contributed by atoms with E-state index in [4.69, 9.17) is 4.74 Å². The Morgan fingerprint density at radius 2 is 1.90 bits per heavy atom. The molecule has 1 N–H and O–H groups in total. The molecule has 0 spiro atoms. The molecule has 6 heteroatoms. The van der Waals surface area contributed by atoms with Gasteiger partial charge in [0.15, 0.2) is 0 Å². The molecule has 5 nitrogen and oxygen atoms in total. The highest BCUT2D eigenvalue weighted by molar-refractivity contribution is 7.90. The smallest absolute Gasteiger partial charge is 0.263 e. The SMILES string of the molecule is CC1(C)CC(N=C2NS(=O)(=O)c3ccccc32)C(C)(C)O1. The van der Waals surface area contributed by atoms with Crippen molar-refractivity contribution in [2.24, 2.45) is 4.99 Å². The summed E-state index contributed by atoms with van der Waals surface area (Å²) in [5.74, 6) is 0.421. The van der Waals surface area contributed by atoms with E-state index < -0.39 is 15.6 Å². The van der Waals surface area contributed by atoms with Crippen molar-refractivity contribution in [3.8, 4) is 0 Å². The van der Waals surface area contributed by atoms with Gasteiger partial charge in [-0.2, -0.15) is 0 Å². The van der Waals surface area contributed by atoms with Crippen LogP contribution >= 0.6 is 0 Å². The van der Waals surface area contributed by atoms with Crippen LogP contribution in [0.2, 0.25) is 0 Å². The zero-order chi connectivity index (χ0) is 15.5. The minimum atomic E-state index is -3.48. The summed E-state index contributed by atoms with van der Waals surface area (Å²) in [4.78, 5) is 4.95. The lowest BCUT2D eigenvalue weighted by Crippen LogP contribution is -2.34. The van der Waals surface area contributed by atoms with Gasteiger partial charge in [0, 0.05) is 12.0 Å². The van der Waals surface area contributed by atoms with E-state index in [2.05, 4.69) is 9.71 Å². The maximum atomic E-state index is 12.1. The average molecular weight is 308 g/mol. The molecule has 2 aliphatic rings. The molecule has 1 saturated heterocycles. The third-order valence-electron chi connectivity index (χ3n) is 3.97. The summed E-state index contributed by atoms with van der Waals surface area (Å²) >= 11 is 0. The molecule has 1 unspecified atom stereocenters. The summed E-state index contributed by atoms with van der Waals surface area (Å²) in [6.45, 7) is 8.04. The number of rotatable bonds is 1. The molecule has 0 radical (unpaired) electrons. The van der Waals surface area contributed by atoms with Crippen LogP contribution in [0.25, 0.3) is 0 Å². The predicted octanol–water partition coefficient (Wildman–Crippen LogP) is 2.07. The van der Waals surface area contributed by atoms with E-state index >= 15 is 0 Å². The highest BCUT2D eigenvalue weighted by Crippen LogP contribution is 2.39. The van der Waals surface area contributed by atoms with Crippen LogP contribution in [-0.2, 0) is 14.8 Å². The molecule has 1 atom stereocenters. The fourth-order valence-electron chi connectivity index (χ4n) is 3.12. The van der Waals surface area contributed by atoms with Gasteiger partial charge in [0.05, 0.1) is 22.1 Å². The number of fused-ring (bicyclic) bond motifs is 1. The quantitative estimate of drug-likeness (QED) is 0.863. The fourth-order valence-corrected chi connectivity index (χ4v) is 4.36. The molecule has 0 aromatic heterocycles. The molecule has 0 amide bonds. The number of amidine groups is 1. The molecular weight excluding hydrogens is 288 g/mol. The van der Waals surface area contributed by atoms with E-state index in [-0.39, 0.29) is 11.6 Å². The average Bonchev–Trinajstić information content (AvgIpc) is 2.71. The second-order valence-electron chi connectivity index (χ2n) is 6.76. The Labute approximate surface area is 125 Å². The van der Waals surface area contributed by atoms with E-state index in [1.165, 1.54) is 0 Å². The molecule has 0 aliphatic carbocycles. The van der Waals surface area contributed by atoms with Crippen molar-refractivity contribution in [1.82, 2.24) is 4.72 Å². The Morgan fingerprint density at radius 3 is 2.52 bits per heavy atom. The first kappa shape index (κ1) is 14.5. The summed E-state index contributed by atoms with van der Waals surface area (Å²) in [6.07, 6.45) is 0.757. The number of nitrogens with zero attached hydrogens (tertiary/aromatic N) is 1. The second kappa shape index (κ2) is 4.30. The predicted molar refractivity (Wildman–Crippen MR) is 80.9 cm³/mol. The summed E-state index contributed by atoms with van der Waals surface area (Å²) < 4.78 is 32.8. The number of ether oxygens (including phenoxy) is 1. The van der Waals surface area contributed by atoms with Crippen LogP contribution < -0.4 is 4.72 Å². The van der Waals surface area contributed by atoms with Gasteiger partial charge < -0.3 is 4.74 Å². The fraction of sp³-hybridized carbons (Fsp3) is 0.533. The van der Waals surface area contributed by atoms with E-state index in [0.29, 0.717) is 16.3 Å². The van der Waals surface area contributed by atoms with Gasteiger partial charge in [0.1, 0.15) is 5.84 Å². The van der Waals surface area contributed by atoms with Crippen molar-refractivity contribution in [2.75, 3.05) is 0 Å². The number of sulfonamides is 1. The van der Waals surface area contributed by atoms with Crippen LogP contribution in [0.4, 0.5) is 0 Å². The zero-order valence-electron chi connectivity index (χ0n) is 12.7. The topological polar surface area (TPSA) is 67.8 Å². The van der Waals surface area contributed by atoms with Crippen molar-refractivity contribution in [3.05, 3.63) is 29.8 Å². The summed E-state index contributed by atoms with van der Waals surface area (Å²) in [7, 11) is -3.48. The standard InChI is InChI=1S/C15H20N2O3S/c1-14(2)9-12(15(3,4)20-14)16-13-10-7-5-6-8-11(10)21(18,19)17-13/h5-8,12H,9H2,1-4H3,(H,16,17). The highest BCUT2D eigenvalue weighted by atomic mass is 32.2. The van der Waals surface area contributed by atoms with Crippen molar-refractivity contribution >= 4 is 15.9 Å². The lowest BCUT2D eigenvalue weighted by atomic mass is 9.95. The van der Waals surface area contributed by atoms with Gasteiger partial charge >= 0.3 is 0 Å². The van der Waals surface area contributed by atoms with Crippen LogP contribution in [0.15, 0.2) is 34.2 Å². The van der Waals surface area contributed by atoms with Crippen molar-refractivity contribution in [2.45, 2.75) is 56.3 Å². The summed E-state index contributed by atoms with van der Waals surface area (Å²) in [5, 5.41) is 0. The van der Waals surface area contributed by atoms with Crippen LogP contribution in [0.1, 0.15) is 39.7 Å². The molecule has 0 bridgehead atoms. The Balaban J connectivity index is 2.03. The second-order valence-corrected chi connectivity index (χ2v) is 8.42. The van der Waals surface area contributed by atoms with Gasteiger partial charge in [-0.15, -0.1) is 0 Å². The van der Waals surface area contributed by atoms with Crippen molar-refractivity contribution in [1.29, 1.82) is 0 Å². The third kappa shape index (κ3) is 2.46. The van der Waals surface area contributed by atoms with E-state index in [1.807, 2.05) is 33.8 Å². The number of hydrogen-bond acceptors (Lipinski definition) is 4. The number of aliphatic imine (C=N–C) groups is 1. The first-order valence-corrected chi connectivity index (χ1v) is 8.49. The normalized spacial score (nSPS) is 30.1. The summed E-state index contributed by atoms with van der Waals surface area (Å²) in [6, 6.07) is 6.82. The van der Waals surface area contributed by atoms with Gasteiger partial charge in [0.25, 0.3) is 10.0 Å². The molecule has 1 aromatic rings. The molecule has 1 aromatic carbocycles. The first-order valence-electron chi connectivity index (χ1n) is 7.01. The van der Waals surface area contributed by atoms with E-state index in [0.717, 1.165) is 6.42 Å². The Bertz CT molecular complexity index is 720. The first-order chi connectivity index (χ1) is 9.61. The Hall–Kier alpha value is -1.40. The molecule has 3 rings (SSSR count). The maximum Gasteiger partial charge on any atom is 0.263 e. The molecular formula is C15H20N2O3S. The van der Waals surface area contributed by atoms with Crippen LogP contribution in [-0.4, -0.2) is 31.5 Å². The largest absolute Gasteiger partial charge is 0.367 e. The molecule has 2 aliphatic heterocycles. The molecule has 114 valence electrons. The zero-order valence-corrected chi connectivity index (χ0v) is 13.5. The molecule has 2 heterocycles. The Morgan fingerprint density at radius 1 is 1.24 bits per heavy atom. The molecule has 0 saturated carbocycles. The highest BCUT2D eigenvalue weighted by Gasteiger charge is 2.46. The minimum Gasteiger partial charge on any atom is -0.367 e. The van der Waals surface area contributed by atoms with Gasteiger partial charge in [-0.1, -0.05) is 12.1 Å². The monoisotopic (exact) mass is 308 g/mol. The lowest BCUT2D eigenvalue weighted by Gasteiger charge is -2.25. The van der Waals surface area contributed by atoms with E-state index in [9.17, 15) is 8.42 Å². The van der Waals surface area contributed by atoms with Crippen molar-refractivity contribution in [3.63, 3.8) is 0 Å². The maximum absolute atomic E-state index is 12.1. The number of nitrogens with one attached hydrogen (secondary N) is 1. The van der Waals surface area contributed by atoms with Gasteiger partial charge in [-0.05, 0) is 39.8 Å².